The highest BCUT2D eigenvalue weighted by Gasteiger charge is 2.20. The van der Waals surface area contributed by atoms with Gasteiger partial charge in [0.25, 0.3) is 0 Å². The molecule has 0 aromatic heterocycles. The van der Waals surface area contributed by atoms with Gasteiger partial charge >= 0.3 is 5.97 Å². The molecule has 0 aliphatic rings. The van der Waals surface area contributed by atoms with Crippen LogP contribution in [-0.4, -0.2) is 26.0 Å². The average molecular weight is 285 g/mol. The number of aromatic carboxylic acids is 1. The standard InChI is InChI=1S/C13H19NO4S/c1-8(2)7-14-19(17,18)12-6-11(13(15)16)9(3)5-10(12)4/h5-6,8,14H,7H2,1-4H3,(H,15,16). The van der Waals surface area contributed by atoms with E-state index < -0.39 is 16.0 Å². The lowest BCUT2D eigenvalue weighted by atomic mass is 10.1. The maximum absolute atomic E-state index is 12.1. The molecule has 0 aliphatic heterocycles. The second-order valence-electron chi connectivity index (χ2n) is 4.98. The molecule has 0 saturated carbocycles. The first-order chi connectivity index (χ1) is 8.65. The summed E-state index contributed by atoms with van der Waals surface area (Å²) in [6.45, 7) is 7.41. The Bertz CT molecular complexity index is 591. The fourth-order valence-electron chi connectivity index (χ4n) is 1.71. The summed E-state index contributed by atoms with van der Waals surface area (Å²) in [6.07, 6.45) is 0. The minimum absolute atomic E-state index is 0.00974. The van der Waals surface area contributed by atoms with Crippen LogP contribution in [-0.2, 0) is 10.0 Å². The van der Waals surface area contributed by atoms with Crippen LogP contribution >= 0.6 is 0 Å². The lowest BCUT2D eigenvalue weighted by Crippen LogP contribution is -2.28. The van der Waals surface area contributed by atoms with E-state index in [0.717, 1.165) is 0 Å². The number of aryl methyl sites for hydroxylation is 2. The smallest absolute Gasteiger partial charge is 0.335 e. The molecule has 0 heterocycles. The molecule has 1 aromatic rings. The minimum Gasteiger partial charge on any atom is -0.478 e. The van der Waals surface area contributed by atoms with Crippen LogP contribution in [0.25, 0.3) is 0 Å². The summed E-state index contributed by atoms with van der Waals surface area (Å²) in [5.41, 5.74) is 1.10. The molecular formula is C13H19NO4S. The lowest BCUT2D eigenvalue weighted by molar-refractivity contribution is 0.0696. The van der Waals surface area contributed by atoms with E-state index in [1.165, 1.54) is 6.07 Å². The number of carboxylic acids is 1. The van der Waals surface area contributed by atoms with Crippen molar-refractivity contribution in [3.8, 4) is 0 Å². The van der Waals surface area contributed by atoms with Gasteiger partial charge < -0.3 is 5.11 Å². The molecule has 0 amide bonds. The molecule has 0 spiro atoms. The number of sulfonamides is 1. The predicted octanol–water partition coefficient (Wildman–Crippen LogP) is 1.94. The molecule has 0 fully saturated rings. The Morgan fingerprint density at radius 1 is 1.26 bits per heavy atom. The summed E-state index contributed by atoms with van der Waals surface area (Å²) in [4.78, 5) is 11.1. The molecule has 19 heavy (non-hydrogen) atoms. The van der Waals surface area contributed by atoms with E-state index in [0.29, 0.717) is 17.7 Å². The van der Waals surface area contributed by atoms with Crippen LogP contribution in [0.1, 0.15) is 35.3 Å². The largest absolute Gasteiger partial charge is 0.478 e. The van der Waals surface area contributed by atoms with Crippen LogP contribution in [0.3, 0.4) is 0 Å². The summed E-state index contributed by atoms with van der Waals surface area (Å²) < 4.78 is 26.8. The van der Waals surface area contributed by atoms with Crippen molar-refractivity contribution in [3.63, 3.8) is 0 Å². The number of nitrogens with one attached hydrogen (secondary N) is 1. The van der Waals surface area contributed by atoms with Gasteiger partial charge in [-0.2, -0.15) is 0 Å². The molecular weight excluding hydrogens is 266 g/mol. The van der Waals surface area contributed by atoms with Gasteiger partial charge in [-0.3, -0.25) is 0 Å². The fourth-order valence-corrected chi connectivity index (χ4v) is 3.17. The Morgan fingerprint density at radius 3 is 2.32 bits per heavy atom. The highest BCUT2D eigenvalue weighted by Crippen LogP contribution is 2.20. The summed E-state index contributed by atoms with van der Waals surface area (Å²) in [6, 6.07) is 2.79. The Balaban J connectivity index is 3.27. The molecule has 0 saturated heterocycles. The first kappa shape index (κ1) is 15.7. The number of rotatable bonds is 5. The highest BCUT2D eigenvalue weighted by atomic mass is 32.2. The van der Waals surface area contributed by atoms with Gasteiger partial charge in [0.2, 0.25) is 10.0 Å². The van der Waals surface area contributed by atoms with E-state index in [2.05, 4.69) is 4.72 Å². The second-order valence-corrected chi connectivity index (χ2v) is 6.72. The molecule has 2 N–H and O–H groups in total. The van der Waals surface area contributed by atoms with E-state index in [-0.39, 0.29) is 16.4 Å². The van der Waals surface area contributed by atoms with Crippen molar-refractivity contribution in [2.45, 2.75) is 32.6 Å². The van der Waals surface area contributed by atoms with Crippen molar-refractivity contribution in [2.24, 2.45) is 5.92 Å². The van der Waals surface area contributed by atoms with Crippen LogP contribution in [0.15, 0.2) is 17.0 Å². The zero-order chi connectivity index (χ0) is 14.8. The molecule has 6 heteroatoms. The molecule has 0 radical (unpaired) electrons. The zero-order valence-electron chi connectivity index (χ0n) is 11.5. The maximum atomic E-state index is 12.1. The van der Waals surface area contributed by atoms with Gasteiger partial charge in [-0.25, -0.2) is 17.9 Å². The summed E-state index contributed by atoms with van der Waals surface area (Å²) in [5.74, 6) is -0.947. The Hall–Kier alpha value is -1.40. The molecule has 1 rings (SSSR count). The minimum atomic E-state index is -3.67. The molecule has 0 bridgehead atoms. The Labute approximate surface area is 113 Å². The van der Waals surface area contributed by atoms with Crippen molar-refractivity contribution < 1.29 is 18.3 Å². The van der Waals surface area contributed by atoms with E-state index >= 15 is 0 Å². The normalized spacial score (nSPS) is 11.8. The van der Waals surface area contributed by atoms with E-state index in [1.807, 2.05) is 13.8 Å². The molecule has 0 aliphatic carbocycles. The predicted molar refractivity (Wildman–Crippen MR) is 72.9 cm³/mol. The van der Waals surface area contributed by atoms with E-state index in [1.54, 1.807) is 19.9 Å². The van der Waals surface area contributed by atoms with Crippen LogP contribution in [0.2, 0.25) is 0 Å². The molecule has 106 valence electrons. The number of benzene rings is 1. The number of hydrogen-bond donors (Lipinski definition) is 2. The monoisotopic (exact) mass is 285 g/mol. The second kappa shape index (κ2) is 5.71. The molecule has 0 atom stereocenters. The van der Waals surface area contributed by atoms with Crippen molar-refractivity contribution >= 4 is 16.0 Å². The van der Waals surface area contributed by atoms with Gasteiger partial charge in [-0.1, -0.05) is 19.9 Å². The third kappa shape index (κ3) is 3.78. The van der Waals surface area contributed by atoms with Crippen LogP contribution in [0, 0.1) is 19.8 Å². The number of carbonyl (C=O) groups is 1. The summed E-state index contributed by atoms with van der Waals surface area (Å²) in [7, 11) is -3.67. The zero-order valence-corrected chi connectivity index (χ0v) is 12.3. The van der Waals surface area contributed by atoms with Gasteiger partial charge in [0.05, 0.1) is 10.5 Å². The lowest BCUT2D eigenvalue weighted by Gasteiger charge is -2.13. The molecule has 1 aromatic carbocycles. The van der Waals surface area contributed by atoms with Gasteiger partial charge in [0.15, 0.2) is 0 Å². The van der Waals surface area contributed by atoms with Gasteiger partial charge in [-0.05, 0) is 37.0 Å². The Kier molecular flexibility index (Phi) is 4.70. The van der Waals surface area contributed by atoms with Gasteiger partial charge in [0, 0.05) is 6.54 Å². The van der Waals surface area contributed by atoms with E-state index in [4.69, 9.17) is 5.11 Å². The van der Waals surface area contributed by atoms with Crippen molar-refractivity contribution in [1.82, 2.24) is 4.72 Å². The highest BCUT2D eigenvalue weighted by molar-refractivity contribution is 7.89. The number of hydrogen-bond acceptors (Lipinski definition) is 3. The maximum Gasteiger partial charge on any atom is 0.335 e. The fraction of sp³-hybridized carbons (Fsp3) is 0.462. The average Bonchev–Trinajstić information content (AvgIpc) is 2.25. The topological polar surface area (TPSA) is 83.5 Å². The van der Waals surface area contributed by atoms with Crippen LogP contribution in [0.4, 0.5) is 0 Å². The van der Waals surface area contributed by atoms with Crippen molar-refractivity contribution in [3.05, 3.63) is 28.8 Å². The number of carboxylic acid groups (broad SMARTS) is 1. The van der Waals surface area contributed by atoms with Crippen molar-refractivity contribution in [2.75, 3.05) is 6.54 Å². The third-order valence-electron chi connectivity index (χ3n) is 2.72. The first-order valence-corrected chi connectivity index (χ1v) is 7.47. The van der Waals surface area contributed by atoms with Crippen LogP contribution in [0.5, 0.6) is 0 Å². The summed E-state index contributed by atoms with van der Waals surface area (Å²) >= 11 is 0. The van der Waals surface area contributed by atoms with Gasteiger partial charge in [0.1, 0.15) is 0 Å². The van der Waals surface area contributed by atoms with E-state index in [9.17, 15) is 13.2 Å². The summed E-state index contributed by atoms with van der Waals surface area (Å²) in [5, 5.41) is 9.05. The first-order valence-electron chi connectivity index (χ1n) is 5.99. The van der Waals surface area contributed by atoms with Gasteiger partial charge in [-0.15, -0.1) is 0 Å². The SMILES string of the molecule is Cc1cc(C)c(S(=O)(=O)NCC(C)C)cc1C(=O)O. The molecule has 0 unspecified atom stereocenters. The molecule has 5 nitrogen and oxygen atoms in total. The van der Waals surface area contributed by atoms with Crippen molar-refractivity contribution in [1.29, 1.82) is 0 Å². The van der Waals surface area contributed by atoms with Crippen LogP contribution < -0.4 is 4.72 Å². The Morgan fingerprint density at radius 2 is 1.84 bits per heavy atom. The quantitative estimate of drug-likeness (QED) is 0.866. The third-order valence-corrected chi connectivity index (χ3v) is 4.29.